The molecule has 6 nitrogen and oxygen atoms in total. The number of rotatable bonds is 3. The fourth-order valence-electron chi connectivity index (χ4n) is 2.59. The molecule has 2 aliphatic rings. The average Bonchev–Trinajstić information content (AvgIpc) is 2.42. The van der Waals surface area contributed by atoms with Crippen LogP contribution in [0.3, 0.4) is 0 Å². The van der Waals surface area contributed by atoms with Gasteiger partial charge in [-0.05, 0) is 13.5 Å². The normalized spacial score (nSPS) is 25.8. The molecule has 0 aromatic heterocycles. The number of piperazine rings is 2. The first-order chi connectivity index (χ1) is 9.11. The van der Waals surface area contributed by atoms with Gasteiger partial charge in [0.25, 0.3) is 0 Å². The van der Waals surface area contributed by atoms with E-state index in [0.29, 0.717) is 6.54 Å². The highest BCUT2D eigenvalue weighted by Gasteiger charge is 2.29. The molecule has 108 valence electrons. The maximum Gasteiger partial charge on any atom is 0.242 e. The van der Waals surface area contributed by atoms with Crippen molar-refractivity contribution in [1.82, 2.24) is 20.0 Å². The Hall–Kier alpha value is -1.14. The van der Waals surface area contributed by atoms with Crippen molar-refractivity contribution < 1.29 is 9.59 Å². The van der Waals surface area contributed by atoms with Crippen molar-refractivity contribution in [2.24, 2.45) is 0 Å². The van der Waals surface area contributed by atoms with E-state index < -0.39 is 0 Å². The fourth-order valence-corrected chi connectivity index (χ4v) is 2.59. The molecule has 0 radical (unpaired) electrons. The van der Waals surface area contributed by atoms with Gasteiger partial charge in [0, 0.05) is 39.3 Å². The van der Waals surface area contributed by atoms with Gasteiger partial charge >= 0.3 is 0 Å². The Labute approximate surface area is 114 Å². The van der Waals surface area contributed by atoms with E-state index in [1.807, 2.05) is 11.8 Å². The summed E-state index contributed by atoms with van der Waals surface area (Å²) in [6.07, 6.45) is 0.776. The molecule has 2 saturated heterocycles. The van der Waals surface area contributed by atoms with Crippen molar-refractivity contribution in [2.75, 3.05) is 52.9 Å². The van der Waals surface area contributed by atoms with Gasteiger partial charge in [0.1, 0.15) is 0 Å². The highest BCUT2D eigenvalue weighted by Crippen LogP contribution is 2.07. The molecule has 1 atom stereocenters. The SMILES string of the molecule is CCC1NCCN(CC(=O)N2CCN(C)CC2)C1=O. The zero-order chi connectivity index (χ0) is 13.8. The minimum absolute atomic E-state index is 0.0660. The second kappa shape index (κ2) is 6.34. The molecule has 6 heteroatoms. The first-order valence-electron chi connectivity index (χ1n) is 7.10. The summed E-state index contributed by atoms with van der Waals surface area (Å²) in [6, 6.07) is -0.117. The number of carbonyl (C=O) groups is 2. The summed E-state index contributed by atoms with van der Waals surface area (Å²) in [5, 5.41) is 3.18. The van der Waals surface area contributed by atoms with E-state index in [9.17, 15) is 9.59 Å². The molecule has 2 aliphatic heterocycles. The Bertz CT molecular complexity index is 340. The summed E-state index contributed by atoms with van der Waals surface area (Å²) in [4.78, 5) is 30.1. The Kier molecular flexibility index (Phi) is 4.76. The summed E-state index contributed by atoms with van der Waals surface area (Å²) >= 11 is 0. The van der Waals surface area contributed by atoms with Crippen LogP contribution in [0.5, 0.6) is 0 Å². The average molecular weight is 268 g/mol. The molecular formula is C13H24N4O2. The van der Waals surface area contributed by atoms with Crippen molar-refractivity contribution in [3.8, 4) is 0 Å². The number of amides is 2. The standard InChI is InChI=1S/C13H24N4O2/c1-3-11-13(19)17(5-4-14-11)10-12(18)16-8-6-15(2)7-9-16/h11,14H,3-10H2,1-2H3. The third kappa shape index (κ3) is 3.45. The van der Waals surface area contributed by atoms with Crippen molar-refractivity contribution in [3.63, 3.8) is 0 Å². The number of carbonyl (C=O) groups excluding carboxylic acids is 2. The van der Waals surface area contributed by atoms with Gasteiger partial charge in [-0.3, -0.25) is 9.59 Å². The van der Waals surface area contributed by atoms with E-state index in [1.165, 1.54) is 0 Å². The molecule has 2 fully saturated rings. The second-order valence-corrected chi connectivity index (χ2v) is 5.36. The van der Waals surface area contributed by atoms with E-state index in [0.717, 1.165) is 39.1 Å². The van der Waals surface area contributed by atoms with Crippen molar-refractivity contribution in [2.45, 2.75) is 19.4 Å². The molecule has 0 aromatic carbocycles. The zero-order valence-electron chi connectivity index (χ0n) is 11.9. The summed E-state index contributed by atoms with van der Waals surface area (Å²) in [6.45, 7) is 7.01. The summed E-state index contributed by atoms with van der Waals surface area (Å²) in [5.41, 5.74) is 0. The number of nitrogens with one attached hydrogen (secondary N) is 1. The lowest BCUT2D eigenvalue weighted by Crippen LogP contribution is -2.58. The molecule has 0 bridgehead atoms. The van der Waals surface area contributed by atoms with Crippen LogP contribution < -0.4 is 5.32 Å². The Morgan fingerprint density at radius 1 is 1.26 bits per heavy atom. The molecule has 1 unspecified atom stereocenters. The molecular weight excluding hydrogens is 244 g/mol. The smallest absolute Gasteiger partial charge is 0.242 e. The lowest BCUT2D eigenvalue weighted by atomic mass is 10.1. The van der Waals surface area contributed by atoms with E-state index in [2.05, 4.69) is 17.3 Å². The van der Waals surface area contributed by atoms with Gasteiger partial charge < -0.3 is 20.0 Å². The van der Waals surface area contributed by atoms with Crippen LogP contribution in [0, 0.1) is 0 Å². The van der Waals surface area contributed by atoms with Crippen LogP contribution in [0.1, 0.15) is 13.3 Å². The molecule has 0 saturated carbocycles. The van der Waals surface area contributed by atoms with Crippen LogP contribution in [-0.4, -0.2) is 85.4 Å². The quantitative estimate of drug-likeness (QED) is 0.711. The van der Waals surface area contributed by atoms with E-state index in [4.69, 9.17) is 0 Å². The maximum atomic E-state index is 12.2. The summed E-state index contributed by atoms with van der Waals surface area (Å²) in [7, 11) is 2.06. The predicted octanol–water partition coefficient (Wildman–Crippen LogP) is -1.03. The first-order valence-corrected chi connectivity index (χ1v) is 7.10. The fraction of sp³-hybridized carbons (Fsp3) is 0.846. The van der Waals surface area contributed by atoms with Crippen LogP contribution in [0.15, 0.2) is 0 Å². The molecule has 0 spiro atoms. The number of likely N-dealkylation sites (N-methyl/N-ethyl adjacent to an activating group) is 1. The largest absolute Gasteiger partial charge is 0.339 e. The highest BCUT2D eigenvalue weighted by atomic mass is 16.2. The van der Waals surface area contributed by atoms with Gasteiger partial charge in [-0.25, -0.2) is 0 Å². The van der Waals surface area contributed by atoms with E-state index >= 15 is 0 Å². The Morgan fingerprint density at radius 3 is 2.58 bits per heavy atom. The van der Waals surface area contributed by atoms with Crippen molar-refractivity contribution >= 4 is 11.8 Å². The third-order valence-electron chi connectivity index (χ3n) is 3.97. The van der Waals surface area contributed by atoms with Gasteiger partial charge in [0.2, 0.25) is 11.8 Å². The topological polar surface area (TPSA) is 55.9 Å². The maximum absolute atomic E-state index is 12.2. The van der Waals surface area contributed by atoms with E-state index in [1.54, 1.807) is 4.90 Å². The molecule has 19 heavy (non-hydrogen) atoms. The van der Waals surface area contributed by atoms with Crippen LogP contribution in [-0.2, 0) is 9.59 Å². The molecule has 2 rings (SSSR count). The van der Waals surface area contributed by atoms with Crippen molar-refractivity contribution in [3.05, 3.63) is 0 Å². The summed E-state index contributed by atoms with van der Waals surface area (Å²) in [5.74, 6) is 0.148. The number of nitrogens with zero attached hydrogens (tertiary/aromatic N) is 3. The molecule has 0 aromatic rings. The molecule has 1 N–H and O–H groups in total. The molecule has 2 heterocycles. The van der Waals surface area contributed by atoms with Gasteiger partial charge in [-0.2, -0.15) is 0 Å². The zero-order valence-corrected chi connectivity index (χ0v) is 11.9. The molecule has 2 amide bonds. The van der Waals surface area contributed by atoms with E-state index in [-0.39, 0.29) is 24.4 Å². The predicted molar refractivity (Wildman–Crippen MR) is 72.7 cm³/mol. The Morgan fingerprint density at radius 2 is 1.95 bits per heavy atom. The third-order valence-corrected chi connectivity index (χ3v) is 3.97. The van der Waals surface area contributed by atoms with Crippen LogP contribution in [0.4, 0.5) is 0 Å². The van der Waals surface area contributed by atoms with Crippen molar-refractivity contribution in [1.29, 1.82) is 0 Å². The number of hydrogen-bond donors (Lipinski definition) is 1. The van der Waals surface area contributed by atoms with Gasteiger partial charge in [-0.1, -0.05) is 6.92 Å². The minimum Gasteiger partial charge on any atom is -0.339 e. The minimum atomic E-state index is -0.117. The highest BCUT2D eigenvalue weighted by molar-refractivity contribution is 5.88. The summed E-state index contributed by atoms with van der Waals surface area (Å²) < 4.78 is 0. The van der Waals surface area contributed by atoms with Gasteiger partial charge in [0.05, 0.1) is 12.6 Å². The van der Waals surface area contributed by atoms with Crippen LogP contribution in [0.25, 0.3) is 0 Å². The van der Waals surface area contributed by atoms with Gasteiger partial charge in [-0.15, -0.1) is 0 Å². The second-order valence-electron chi connectivity index (χ2n) is 5.36. The lowest BCUT2D eigenvalue weighted by molar-refractivity contribution is -0.144. The van der Waals surface area contributed by atoms with Crippen LogP contribution in [0.2, 0.25) is 0 Å². The first kappa shape index (κ1) is 14.3. The number of hydrogen-bond acceptors (Lipinski definition) is 4. The lowest BCUT2D eigenvalue weighted by Gasteiger charge is -2.36. The van der Waals surface area contributed by atoms with Crippen LogP contribution >= 0.6 is 0 Å². The molecule has 0 aliphatic carbocycles. The Balaban J connectivity index is 1.86. The monoisotopic (exact) mass is 268 g/mol. The van der Waals surface area contributed by atoms with Gasteiger partial charge in [0.15, 0.2) is 0 Å².